The largest absolute Gasteiger partial charge is 0.382 e. The summed E-state index contributed by atoms with van der Waals surface area (Å²) in [5, 5.41) is 3.06. The van der Waals surface area contributed by atoms with E-state index < -0.39 is 0 Å². The fourth-order valence-corrected chi connectivity index (χ4v) is 0.743. The van der Waals surface area contributed by atoms with Crippen LogP contribution in [-0.4, -0.2) is 16.0 Å². The van der Waals surface area contributed by atoms with Gasteiger partial charge in [-0.1, -0.05) is 6.08 Å². The third kappa shape index (κ3) is 2.23. The highest BCUT2D eigenvalue weighted by Crippen LogP contribution is 2.04. The van der Waals surface area contributed by atoms with Crippen molar-refractivity contribution in [3.63, 3.8) is 0 Å². The molecular weight excluding hydrogens is 152 g/mol. The Bertz CT molecular complexity index is 272. The second-order valence-electron chi connectivity index (χ2n) is 2.50. The Morgan fingerprint density at radius 1 is 1.67 bits per heavy atom. The fraction of sp³-hybridized carbons (Fsp3) is 0.250. The van der Waals surface area contributed by atoms with Crippen molar-refractivity contribution in [2.24, 2.45) is 0 Å². The molecule has 0 saturated heterocycles. The maximum atomic E-state index is 5.44. The molecule has 1 aromatic heterocycles. The summed E-state index contributed by atoms with van der Waals surface area (Å²) in [5.41, 5.74) is 5.44. The third-order valence-electron chi connectivity index (χ3n) is 1.38. The summed E-state index contributed by atoms with van der Waals surface area (Å²) in [6.07, 6.45) is 4.91. The summed E-state index contributed by atoms with van der Waals surface area (Å²) >= 11 is 0. The molecule has 1 aromatic rings. The minimum absolute atomic E-state index is 0.168. The molecule has 0 saturated carbocycles. The number of aromatic nitrogens is 2. The summed E-state index contributed by atoms with van der Waals surface area (Å²) in [5.74, 6) is 1.08. The summed E-state index contributed by atoms with van der Waals surface area (Å²) in [4.78, 5) is 7.90. The molecular formula is C8H12N4. The number of anilines is 2. The number of rotatable bonds is 3. The van der Waals surface area contributed by atoms with Crippen molar-refractivity contribution in [2.75, 3.05) is 11.1 Å². The maximum absolute atomic E-state index is 5.44. The molecule has 4 heteroatoms. The van der Waals surface area contributed by atoms with E-state index in [0.29, 0.717) is 11.6 Å². The average molecular weight is 164 g/mol. The predicted molar refractivity (Wildman–Crippen MR) is 49.7 cm³/mol. The lowest BCUT2D eigenvalue weighted by Gasteiger charge is -2.08. The minimum atomic E-state index is 0.168. The Morgan fingerprint density at radius 2 is 2.42 bits per heavy atom. The van der Waals surface area contributed by atoms with Gasteiger partial charge in [-0.3, -0.25) is 4.98 Å². The second-order valence-corrected chi connectivity index (χ2v) is 2.50. The zero-order chi connectivity index (χ0) is 8.97. The van der Waals surface area contributed by atoms with Crippen LogP contribution >= 0.6 is 0 Å². The van der Waals surface area contributed by atoms with Gasteiger partial charge in [-0.2, -0.15) is 0 Å². The van der Waals surface area contributed by atoms with Crippen LogP contribution in [0.25, 0.3) is 0 Å². The van der Waals surface area contributed by atoms with Crippen molar-refractivity contribution in [3.8, 4) is 0 Å². The van der Waals surface area contributed by atoms with Crippen LogP contribution < -0.4 is 11.1 Å². The van der Waals surface area contributed by atoms with Gasteiger partial charge < -0.3 is 11.1 Å². The maximum Gasteiger partial charge on any atom is 0.147 e. The van der Waals surface area contributed by atoms with Crippen LogP contribution in [0.15, 0.2) is 25.0 Å². The first-order valence-corrected chi connectivity index (χ1v) is 3.69. The quantitative estimate of drug-likeness (QED) is 0.655. The molecule has 0 amide bonds. The van der Waals surface area contributed by atoms with Crippen molar-refractivity contribution >= 4 is 11.6 Å². The van der Waals surface area contributed by atoms with E-state index in [-0.39, 0.29) is 6.04 Å². The van der Waals surface area contributed by atoms with Crippen molar-refractivity contribution in [3.05, 3.63) is 25.0 Å². The van der Waals surface area contributed by atoms with E-state index in [1.807, 2.05) is 6.92 Å². The van der Waals surface area contributed by atoms with E-state index in [1.54, 1.807) is 12.3 Å². The van der Waals surface area contributed by atoms with Crippen molar-refractivity contribution in [2.45, 2.75) is 13.0 Å². The van der Waals surface area contributed by atoms with E-state index >= 15 is 0 Å². The third-order valence-corrected chi connectivity index (χ3v) is 1.38. The fourth-order valence-electron chi connectivity index (χ4n) is 0.743. The number of nitrogens with zero attached hydrogens (tertiary/aromatic N) is 2. The SMILES string of the molecule is C=CC(C)Nc1cncc(N)n1. The number of hydrogen-bond acceptors (Lipinski definition) is 4. The zero-order valence-corrected chi connectivity index (χ0v) is 6.99. The lowest BCUT2D eigenvalue weighted by atomic mass is 10.3. The summed E-state index contributed by atoms with van der Waals surface area (Å²) in [6, 6.07) is 0.168. The van der Waals surface area contributed by atoms with Crippen molar-refractivity contribution in [1.82, 2.24) is 9.97 Å². The van der Waals surface area contributed by atoms with Gasteiger partial charge in [-0.15, -0.1) is 6.58 Å². The molecule has 1 unspecified atom stereocenters. The highest BCUT2D eigenvalue weighted by molar-refractivity contribution is 5.39. The van der Waals surface area contributed by atoms with Crippen LogP contribution in [0, 0.1) is 0 Å². The smallest absolute Gasteiger partial charge is 0.147 e. The predicted octanol–water partition coefficient (Wildman–Crippen LogP) is 1.05. The topological polar surface area (TPSA) is 63.8 Å². The molecule has 0 aliphatic carbocycles. The number of nitrogens with two attached hydrogens (primary N) is 1. The van der Waals surface area contributed by atoms with Gasteiger partial charge in [0.2, 0.25) is 0 Å². The Morgan fingerprint density at radius 3 is 3.00 bits per heavy atom. The molecule has 0 aliphatic rings. The van der Waals surface area contributed by atoms with E-state index in [0.717, 1.165) is 0 Å². The van der Waals surface area contributed by atoms with Gasteiger partial charge in [-0.05, 0) is 6.92 Å². The zero-order valence-electron chi connectivity index (χ0n) is 6.99. The minimum Gasteiger partial charge on any atom is -0.382 e. The van der Waals surface area contributed by atoms with E-state index in [2.05, 4.69) is 21.9 Å². The van der Waals surface area contributed by atoms with Crippen LogP contribution in [-0.2, 0) is 0 Å². The number of hydrogen-bond donors (Lipinski definition) is 2. The standard InChI is InChI=1S/C8H12N4/c1-3-6(2)11-8-5-10-4-7(9)12-8/h3-6H,1H2,2H3,(H3,9,11,12). The Kier molecular flexibility index (Phi) is 2.63. The molecule has 0 radical (unpaired) electrons. The first-order valence-electron chi connectivity index (χ1n) is 3.69. The van der Waals surface area contributed by atoms with Crippen LogP contribution in [0.4, 0.5) is 11.6 Å². The highest BCUT2D eigenvalue weighted by atomic mass is 15.1. The highest BCUT2D eigenvalue weighted by Gasteiger charge is 1.97. The first-order chi connectivity index (χ1) is 5.72. The van der Waals surface area contributed by atoms with Crippen LogP contribution in [0.3, 0.4) is 0 Å². The van der Waals surface area contributed by atoms with Crippen molar-refractivity contribution in [1.29, 1.82) is 0 Å². The molecule has 0 bridgehead atoms. The molecule has 3 N–H and O–H groups in total. The molecule has 0 aliphatic heterocycles. The van der Waals surface area contributed by atoms with Crippen LogP contribution in [0.1, 0.15) is 6.92 Å². The van der Waals surface area contributed by atoms with Gasteiger partial charge in [0.15, 0.2) is 0 Å². The van der Waals surface area contributed by atoms with Gasteiger partial charge >= 0.3 is 0 Å². The molecule has 0 fully saturated rings. The molecule has 0 aromatic carbocycles. The lowest BCUT2D eigenvalue weighted by molar-refractivity contribution is 0.978. The van der Waals surface area contributed by atoms with E-state index in [9.17, 15) is 0 Å². The Labute approximate surface area is 71.5 Å². The van der Waals surface area contributed by atoms with Crippen LogP contribution in [0.2, 0.25) is 0 Å². The molecule has 1 rings (SSSR count). The first kappa shape index (κ1) is 8.52. The molecule has 1 atom stereocenters. The molecule has 0 spiro atoms. The molecule has 12 heavy (non-hydrogen) atoms. The normalized spacial score (nSPS) is 12.1. The summed E-state index contributed by atoms with van der Waals surface area (Å²) in [7, 11) is 0. The van der Waals surface area contributed by atoms with Gasteiger partial charge in [0.25, 0.3) is 0 Å². The average Bonchev–Trinajstić information content (AvgIpc) is 2.04. The van der Waals surface area contributed by atoms with Gasteiger partial charge in [0, 0.05) is 6.04 Å². The van der Waals surface area contributed by atoms with E-state index in [1.165, 1.54) is 6.20 Å². The van der Waals surface area contributed by atoms with Crippen molar-refractivity contribution < 1.29 is 0 Å². The summed E-state index contributed by atoms with van der Waals surface area (Å²) in [6.45, 7) is 5.61. The molecule has 64 valence electrons. The second kappa shape index (κ2) is 3.71. The lowest BCUT2D eigenvalue weighted by Crippen LogP contribution is -2.13. The van der Waals surface area contributed by atoms with Gasteiger partial charge in [0.1, 0.15) is 11.6 Å². The molecule has 1 heterocycles. The Balaban J connectivity index is 2.69. The van der Waals surface area contributed by atoms with E-state index in [4.69, 9.17) is 5.73 Å². The van der Waals surface area contributed by atoms with Crippen LogP contribution in [0.5, 0.6) is 0 Å². The number of nitrogen functional groups attached to an aromatic ring is 1. The van der Waals surface area contributed by atoms with Gasteiger partial charge in [0.05, 0.1) is 12.4 Å². The summed E-state index contributed by atoms with van der Waals surface area (Å²) < 4.78 is 0. The monoisotopic (exact) mass is 164 g/mol. The number of nitrogens with one attached hydrogen (secondary N) is 1. The Hall–Kier alpha value is -1.58. The van der Waals surface area contributed by atoms with Gasteiger partial charge in [-0.25, -0.2) is 4.98 Å². The molecule has 4 nitrogen and oxygen atoms in total.